The van der Waals surface area contributed by atoms with E-state index in [0.717, 1.165) is 38.3 Å². The van der Waals surface area contributed by atoms with Crippen molar-refractivity contribution in [2.45, 2.75) is 42.3 Å². The lowest BCUT2D eigenvalue weighted by Crippen LogP contribution is -2.47. The molecule has 1 aromatic carbocycles. The van der Waals surface area contributed by atoms with Gasteiger partial charge in [0.25, 0.3) is 5.91 Å². The summed E-state index contributed by atoms with van der Waals surface area (Å²) in [6.07, 6.45) is 5.01. The number of ether oxygens (including phenoxy) is 1. The first-order chi connectivity index (χ1) is 11.9. The van der Waals surface area contributed by atoms with Gasteiger partial charge in [-0.05, 0) is 49.4 Å². The molecule has 0 unspecified atom stereocenters. The van der Waals surface area contributed by atoms with Crippen molar-refractivity contribution in [2.75, 3.05) is 26.0 Å². The highest BCUT2D eigenvalue weighted by Gasteiger charge is 2.42. The summed E-state index contributed by atoms with van der Waals surface area (Å²) in [5, 5.41) is 3.08. The Morgan fingerprint density at radius 1 is 1.20 bits per heavy atom. The van der Waals surface area contributed by atoms with Gasteiger partial charge in [0, 0.05) is 37.0 Å². The minimum Gasteiger partial charge on any atom is -0.375 e. The van der Waals surface area contributed by atoms with Gasteiger partial charge in [0.05, 0.1) is 17.6 Å². The van der Waals surface area contributed by atoms with Crippen LogP contribution in [0.25, 0.3) is 0 Å². The molecule has 0 radical (unpaired) electrons. The van der Waals surface area contributed by atoms with E-state index in [-0.39, 0.29) is 16.8 Å². The van der Waals surface area contributed by atoms with Gasteiger partial charge in [-0.15, -0.1) is 0 Å². The first-order valence-electron chi connectivity index (χ1n) is 8.87. The van der Waals surface area contributed by atoms with E-state index in [1.54, 1.807) is 12.1 Å². The van der Waals surface area contributed by atoms with E-state index in [1.807, 2.05) is 0 Å². The van der Waals surface area contributed by atoms with E-state index in [1.165, 1.54) is 25.0 Å². The Kier molecular flexibility index (Phi) is 4.33. The molecule has 1 aliphatic carbocycles. The largest absolute Gasteiger partial charge is 0.375 e. The molecular weight excluding hydrogens is 340 g/mol. The second-order valence-electron chi connectivity index (χ2n) is 7.52. The fourth-order valence-electron chi connectivity index (χ4n) is 3.88. The number of benzene rings is 1. The molecule has 1 N–H and O–H groups in total. The summed E-state index contributed by atoms with van der Waals surface area (Å²) in [4.78, 5) is 15.1. The third-order valence-corrected chi connectivity index (χ3v) is 6.60. The standard InChI is InChI=1S/C18H24N2O4S/c1-25(22,23)16-6-4-13(5-7-16)18(21)19-14-8-15-11-24-17(12-2-3-12)10-20(15)9-14/h4-7,12,14-15,17H,2-3,8-11H2,1H3,(H,19,21)/t14-,15-,17+/m0/s1. The average Bonchev–Trinajstić information content (AvgIpc) is 3.34. The lowest BCUT2D eigenvalue weighted by atomic mass is 10.1. The van der Waals surface area contributed by atoms with Gasteiger partial charge >= 0.3 is 0 Å². The summed E-state index contributed by atoms with van der Waals surface area (Å²) in [7, 11) is -3.24. The number of amides is 1. The molecule has 1 aromatic rings. The number of carbonyl (C=O) groups excluding carboxylic acids is 1. The van der Waals surface area contributed by atoms with Gasteiger partial charge in [0.2, 0.25) is 0 Å². The topological polar surface area (TPSA) is 75.7 Å². The van der Waals surface area contributed by atoms with Crippen LogP contribution in [0.5, 0.6) is 0 Å². The maximum absolute atomic E-state index is 12.4. The quantitative estimate of drug-likeness (QED) is 0.865. The van der Waals surface area contributed by atoms with Gasteiger partial charge in [-0.3, -0.25) is 9.69 Å². The highest BCUT2D eigenvalue weighted by atomic mass is 32.2. The Balaban J connectivity index is 1.35. The Morgan fingerprint density at radius 3 is 2.56 bits per heavy atom. The molecule has 2 heterocycles. The number of nitrogens with one attached hydrogen (secondary N) is 1. The van der Waals surface area contributed by atoms with Crippen molar-refractivity contribution in [3.8, 4) is 0 Å². The van der Waals surface area contributed by atoms with E-state index in [4.69, 9.17) is 4.74 Å². The summed E-state index contributed by atoms with van der Waals surface area (Å²) in [6.45, 7) is 2.60. The van der Waals surface area contributed by atoms with Gasteiger partial charge in [-0.25, -0.2) is 8.42 Å². The van der Waals surface area contributed by atoms with Crippen molar-refractivity contribution < 1.29 is 17.9 Å². The molecule has 6 nitrogen and oxygen atoms in total. The summed E-state index contributed by atoms with van der Waals surface area (Å²) in [5.74, 6) is 0.590. The summed E-state index contributed by atoms with van der Waals surface area (Å²) >= 11 is 0. The smallest absolute Gasteiger partial charge is 0.251 e. The van der Waals surface area contributed by atoms with Crippen LogP contribution in [0.3, 0.4) is 0 Å². The summed E-state index contributed by atoms with van der Waals surface area (Å²) in [5.41, 5.74) is 0.490. The Labute approximate surface area is 148 Å². The number of nitrogens with zero attached hydrogens (tertiary/aromatic N) is 1. The summed E-state index contributed by atoms with van der Waals surface area (Å²) in [6, 6.07) is 6.62. The Hall–Kier alpha value is -1.44. The van der Waals surface area contributed by atoms with Crippen LogP contribution >= 0.6 is 0 Å². The molecule has 2 saturated heterocycles. The fraction of sp³-hybridized carbons (Fsp3) is 0.611. The fourth-order valence-corrected chi connectivity index (χ4v) is 4.51. The molecule has 4 rings (SSSR count). The predicted octanol–water partition coefficient (Wildman–Crippen LogP) is 1.07. The van der Waals surface area contributed by atoms with Crippen LogP contribution in [-0.2, 0) is 14.6 Å². The zero-order valence-corrected chi connectivity index (χ0v) is 15.2. The highest BCUT2D eigenvalue weighted by molar-refractivity contribution is 7.90. The second kappa shape index (κ2) is 6.37. The number of rotatable bonds is 4. The number of sulfone groups is 1. The van der Waals surface area contributed by atoms with Crippen LogP contribution in [0.2, 0.25) is 0 Å². The van der Waals surface area contributed by atoms with E-state index in [0.29, 0.717) is 17.7 Å². The molecule has 1 amide bonds. The molecule has 0 bridgehead atoms. The van der Waals surface area contributed by atoms with Crippen molar-refractivity contribution in [3.05, 3.63) is 29.8 Å². The van der Waals surface area contributed by atoms with Crippen molar-refractivity contribution in [2.24, 2.45) is 5.92 Å². The molecule has 3 atom stereocenters. The lowest BCUT2D eigenvalue weighted by Gasteiger charge is -2.35. The Bertz CT molecular complexity index is 758. The van der Waals surface area contributed by atoms with Crippen LogP contribution < -0.4 is 5.32 Å². The van der Waals surface area contributed by atoms with Crippen LogP contribution in [0.1, 0.15) is 29.6 Å². The number of hydrogen-bond donors (Lipinski definition) is 1. The molecule has 1 saturated carbocycles. The number of hydrogen-bond acceptors (Lipinski definition) is 5. The predicted molar refractivity (Wildman–Crippen MR) is 93.2 cm³/mol. The SMILES string of the molecule is CS(=O)(=O)c1ccc(C(=O)N[C@H]2C[C@H]3CO[C@@H](C4CC4)CN3C2)cc1. The molecule has 2 aliphatic heterocycles. The molecule has 3 fully saturated rings. The van der Waals surface area contributed by atoms with Gasteiger partial charge in [0.1, 0.15) is 0 Å². The maximum Gasteiger partial charge on any atom is 0.251 e. The van der Waals surface area contributed by atoms with E-state index >= 15 is 0 Å². The molecule has 0 aromatic heterocycles. The number of fused-ring (bicyclic) bond motifs is 1. The lowest BCUT2D eigenvalue weighted by molar-refractivity contribution is -0.0581. The zero-order chi connectivity index (χ0) is 17.6. The van der Waals surface area contributed by atoms with Crippen LogP contribution in [0.4, 0.5) is 0 Å². The van der Waals surface area contributed by atoms with Crippen LogP contribution in [-0.4, -0.2) is 63.4 Å². The molecular formula is C18H24N2O4S. The minimum absolute atomic E-state index is 0.119. The summed E-state index contributed by atoms with van der Waals surface area (Å²) < 4.78 is 29.0. The van der Waals surface area contributed by atoms with Crippen LogP contribution in [0.15, 0.2) is 29.2 Å². The van der Waals surface area contributed by atoms with E-state index < -0.39 is 9.84 Å². The van der Waals surface area contributed by atoms with Crippen LogP contribution in [0, 0.1) is 5.92 Å². The normalized spacial score (nSPS) is 30.0. The zero-order valence-electron chi connectivity index (χ0n) is 14.3. The van der Waals surface area contributed by atoms with Crippen molar-refractivity contribution >= 4 is 15.7 Å². The van der Waals surface area contributed by atoms with Gasteiger partial charge in [-0.1, -0.05) is 0 Å². The second-order valence-corrected chi connectivity index (χ2v) is 9.54. The highest BCUT2D eigenvalue weighted by Crippen LogP contribution is 2.37. The maximum atomic E-state index is 12.4. The first-order valence-corrected chi connectivity index (χ1v) is 10.8. The number of morpholine rings is 1. The third-order valence-electron chi connectivity index (χ3n) is 5.47. The van der Waals surface area contributed by atoms with Crippen molar-refractivity contribution in [1.29, 1.82) is 0 Å². The van der Waals surface area contributed by atoms with Crippen molar-refractivity contribution in [3.63, 3.8) is 0 Å². The molecule has 0 spiro atoms. The van der Waals surface area contributed by atoms with Crippen molar-refractivity contribution in [1.82, 2.24) is 10.2 Å². The minimum atomic E-state index is -3.24. The average molecular weight is 364 g/mol. The monoisotopic (exact) mass is 364 g/mol. The van der Waals surface area contributed by atoms with E-state index in [2.05, 4.69) is 10.2 Å². The molecule has 136 valence electrons. The van der Waals surface area contributed by atoms with Gasteiger partial charge < -0.3 is 10.1 Å². The van der Waals surface area contributed by atoms with E-state index in [9.17, 15) is 13.2 Å². The number of carbonyl (C=O) groups is 1. The molecule has 3 aliphatic rings. The molecule has 25 heavy (non-hydrogen) atoms. The first kappa shape index (κ1) is 17.0. The third kappa shape index (κ3) is 3.73. The Morgan fingerprint density at radius 2 is 1.92 bits per heavy atom. The molecule has 7 heteroatoms. The van der Waals surface area contributed by atoms with Gasteiger partial charge in [0.15, 0.2) is 9.84 Å². The van der Waals surface area contributed by atoms with Gasteiger partial charge in [-0.2, -0.15) is 0 Å².